The lowest BCUT2D eigenvalue weighted by atomic mass is 10.0. The van der Waals surface area contributed by atoms with Crippen LogP contribution in [0.5, 0.6) is 0 Å². The fourth-order valence-electron chi connectivity index (χ4n) is 2.30. The number of amides is 2. The number of thioether (sulfide) groups is 1. The van der Waals surface area contributed by atoms with Crippen molar-refractivity contribution in [3.63, 3.8) is 0 Å². The summed E-state index contributed by atoms with van der Waals surface area (Å²) in [4.78, 5) is 34.4. The van der Waals surface area contributed by atoms with Gasteiger partial charge in [-0.1, -0.05) is 29.8 Å². The van der Waals surface area contributed by atoms with Crippen molar-refractivity contribution in [2.45, 2.75) is 19.4 Å². The van der Waals surface area contributed by atoms with Gasteiger partial charge in [-0.15, -0.1) is 0 Å². The molecule has 0 aromatic heterocycles. The number of carbonyl (C=O) groups is 3. The van der Waals surface area contributed by atoms with E-state index in [1.165, 1.54) is 11.2 Å². The van der Waals surface area contributed by atoms with Gasteiger partial charge in [-0.3, -0.25) is 19.9 Å². The summed E-state index contributed by atoms with van der Waals surface area (Å²) in [6.07, 6.45) is 1.54. The molecule has 2 amide bonds. The quantitative estimate of drug-likeness (QED) is 0.818. The van der Waals surface area contributed by atoms with Gasteiger partial charge in [0.2, 0.25) is 0 Å². The highest BCUT2D eigenvalue weighted by Gasteiger charge is 2.34. The number of nitrogens with one attached hydrogen (secondary N) is 1. The monoisotopic (exact) mass is 331 g/mol. The maximum absolute atomic E-state index is 11.6. The van der Waals surface area contributed by atoms with E-state index >= 15 is 0 Å². The number of hydrogen-bond acceptors (Lipinski definition) is 6. The number of imide groups is 1. The number of aliphatic carboxylic acids is 1. The first kappa shape index (κ1) is 15.3. The molecule has 2 aliphatic heterocycles. The van der Waals surface area contributed by atoms with E-state index in [9.17, 15) is 19.5 Å². The Balaban J connectivity index is 1.91. The molecule has 1 saturated heterocycles. The second-order valence-corrected chi connectivity index (χ2v) is 6.20. The van der Waals surface area contributed by atoms with Crippen LogP contribution < -0.4 is 5.32 Å². The second kappa shape index (κ2) is 5.88. The van der Waals surface area contributed by atoms with Gasteiger partial charge in [-0.2, -0.15) is 5.10 Å². The van der Waals surface area contributed by atoms with E-state index in [1.807, 2.05) is 31.2 Å². The average Bonchev–Trinajstić information content (AvgIpc) is 3.04. The number of carbonyl (C=O) groups excluding carboxylic acids is 2. The summed E-state index contributed by atoms with van der Waals surface area (Å²) in [5.41, 5.74) is 2.56. The van der Waals surface area contributed by atoms with Crippen LogP contribution in [0.1, 0.15) is 17.5 Å². The minimum absolute atomic E-state index is 0.134. The van der Waals surface area contributed by atoms with E-state index in [0.29, 0.717) is 5.71 Å². The van der Waals surface area contributed by atoms with Gasteiger partial charge in [0, 0.05) is 12.6 Å². The van der Waals surface area contributed by atoms with Crippen molar-refractivity contribution in [1.82, 2.24) is 10.3 Å². The molecule has 0 aliphatic carbocycles. The van der Waals surface area contributed by atoms with Crippen LogP contribution in [0.15, 0.2) is 40.5 Å². The zero-order valence-electron chi connectivity index (χ0n) is 12.1. The third-order valence-corrected chi connectivity index (χ3v) is 4.30. The van der Waals surface area contributed by atoms with Gasteiger partial charge >= 0.3 is 5.97 Å². The molecule has 23 heavy (non-hydrogen) atoms. The fraction of sp³-hybridized carbons (Fsp3) is 0.200. The largest absolute Gasteiger partial charge is 0.480 e. The number of aryl methyl sites for hydroxylation is 1. The topological polar surface area (TPSA) is 99.1 Å². The lowest BCUT2D eigenvalue weighted by Crippen LogP contribution is -2.31. The van der Waals surface area contributed by atoms with E-state index < -0.39 is 23.2 Å². The molecule has 1 aromatic carbocycles. The van der Waals surface area contributed by atoms with Crippen molar-refractivity contribution in [2.24, 2.45) is 5.10 Å². The van der Waals surface area contributed by atoms with Gasteiger partial charge in [-0.05, 0) is 24.2 Å². The fourth-order valence-corrected chi connectivity index (χ4v) is 2.95. The van der Waals surface area contributed by atoms with Crippen molar-refractivity contribution < 1.29 is 19.5 Å². The average molecular weight is 331 g/mol. The van der Waals surface area contributed by atoms with Gasteiger partial charge in [0.15, 0.2) is 6.04 Å². The van der Waals surface area contributed by atoms with Crippen LogP contribution in [0, 0.1) is 6.92 Å². The molecule has 1 atom stereocenters. The van der Waals surface area contributed by atoms with Gasteiger partial charge < -0.3 is 5.11 Å². The summed E-state index contributed by atoms with van der Waals surface area (Å²) in [5, 5.41) is 16.6. The van der Waals surface area contributed by atoms with Crippen LogP contribution in [-0.4, -0.2) is 39.0 Å². The number of nitrogens with zero attached hydrogens (tertiary/aromatic N) is 2. The first-order valence-electron chi connectivity index (χ1n) is 6.84. The Labute approximate surface area is 136 Å². The Morgan fingerprint density at radius 2 is 2.09 bits per heavy atom. The highest BCUT2D eigenvalue weighted by atomic mass is 32.2. The zero-order valence-corrected chi connectivity index (χ0v) is 13.0. The Bertz CT molecular complexity index is 754. The van der Waals surface area contributed by atoms with Crippen LogP contribution >= 0.6 is 11.8 Å². The van der Waals surface area contributed by atoms with Crippen molar-refractivity contribution in [1.29, 1.82) is 0 Å². The maximum atomic E-state index is 11.6. The smallest absolute Gasteiger partial charge is 0.328 e. The molecule has 0 saturated carbocycles. The van der Waals surface area contributed by atoms with E-state index in [2.05, 4.69) is 10.4 Å². The first-order valence-corrected chi connectivity index (χ1v) is 7.66. The Hall–Kier alpha value is -2.61. The third-order valence-electron chi connectivity index (χ3n) is 3.50. The van der Waals surface area contributed by atoms with Crippen molar-refractivity contribution in [3.05, 3.63) is 46.5 Å². The van der Waals surface area contributed by atoms with Gasteiger partial charge in [0.25, 0.3) is 11.1 Å². The highest BCUT2D eigenvalue weighted by molar-refractivity contribution is 8.18. The lowest BCUT2D eigenvalue weighted by Gasteiger charge is -2.15. The van der Waals surface area contributed by atoms with E-state index in [1.54, 1.807) is 0 Å². The Kier molecular flexibility index (Phi) is 3.91. The van der Waals surface area contributed by atoms with Crippen molar-refractivity contribution >= 4 is 34.6 Å². The van der Waals surface area contributed by atoms with Gasteiger partial charge in [-0.25, -0.2) is 4.79 Å². The van der Waals surface area contributed by atoms with E-state index in [4.69, 9.17) is 0 Å². The van der Waals surface area contributed by atoms with E-state index in [-0.39, 0.29) is 11.3 Å². The number of carboxylic acids is 1. The predicted molar refractivity (Wildman–Crippen MR) is 84.8 cm³/mol. The zero-order chi connectivity index (χ0) is 16.6. The minimum atomic E-state index is -1.04. The van der Waals surface area contributed by atoms with E-state index in [0.717, 1.165) is 22.9 Å². The molecule has 2 aliphatic rings. The van der Waals surface area contributed by atoms with Crippen molar-refractivity contribution in [3.8, 4) is 0 Å². The normalized spacial score (nSPS) is 22.5. The number of benzene rings is 1. The summed E-state index contributed by atoms with van der Waals surface area (Å²) in [7, 11) is 0. The summed E-state index contributed by atoms with van der Waals surface area (Å²) in [6, 6.07) is 6.71. The molecule has 2 heterocycles. The van der Waals surface area contributed by atoms with Crippen LogP contribution in [0.25, 0.3) is 0 Å². The van der Waals surface area contributed by atoms with Crippen LogP contribution in [0.3, 0.4) is 0 Å². The molecular formula is C15H13N3O4S. The van der Waals surface area contributed by atoms with Gasteiger partial charge in [0.05, 0.1) is 5.71 Å². The summed E-state index contributed by atoms with van der Waals surface area (Å²) >= 11 is 0.731. The molecule has 2 N–H and O–H groups in total. The molecule has 0 unspecified atom stereocenters. The van der Waals surface area contributed by atoms with Crippen LogP contribution in [0.2, 0.25) is 0 Å². The molecule has 0 spiro atoms. The maximum Gasteiger partial charge on any atom is 0.328 e. The molecule has 0 bridgehead atoms. The number of hydrogen-bond donors (Lipinski definition) is 2. The number of carboxylic acid groups (broad SMARTS) is 1. The summed E-state index contributed by atoms with van der Waals surface area (Å²) < 4.78 is 0. The minimum Gasteiger partial charge on any atom is -0.480 e. The first-order chi connectivity index (χ1) is 10.9. The lowest BCUT2D eigenvalue weighted by molar-refractivity contribution is -0.141. The summed E-state index contributed by atoms with van der Waals surface area (Å²) in [6.45, 7) is 1.96. The predicted octanol–water partition coefficient (Wildman–Crippen LogP) is 1.68. The molecular weight excluding hydrogens is 318 g/mol. The standard InChI is InChI=1S/C15H13N3O4S/c1-8-2-4-9(5-3-8)10-6-11(14(20)21)18(17-10)7-12-13(19)16-15(22)23-12/h2-5,7,11H,6H2,1H3,(H,20,21)(H,16,19,22)/b12-7-/t11-/m0/s1. The number of rotatable bonds is 3. The highest BCUT2D eigenvalue weighted by Crippen LogP contribution is 2.27. The second-order valence-electron chi connectivity index (χ2n) is 5.19. The molecule has 118 valence electrons. The Morgan fingerprint density at radius 3 is 2.65 bits per heavy atom. The molecule has 1 aromatic rings. The molecule has 0 radical (unpaired) electrons. The SMILES string of the molecule is Cc1ccc(C2=NN(/C=C3\SC(=O)NC3=O)[C@H](C(=O)O)C2)cc1. The molecule has 7 nitrogen and oxygen atoms in total. The van der Waals surface area contributed by atoms with Gasteiger partial charge in [0.1, 0.15) is 4.91 Å². The van der Waals surface area contributed by atoms with Crippen LogP contribution in [-0.2, 0) is 9.59 Å². The Morgan fingerprint density at radius 1 is 1.39 bits per heavy atom. The van der Waals surface area contributed by atoms with Crippen LogP contribution in [0.4, 0.5) is 4.79 Å². The van der Waals surface area contributed by atoms with Crippen molar-refractivity contribution in [2.75, 3.05) is 0 Å². The third kappa shape index (κ3) is 3.11. The number of hydrazone groups is 1. The molecule has 8 heteroatoms. The molecule has 3 rings (SSSR count). The summed E-state index contributed by atoms with van der Waals surface area (Å²) in [5.74, 6) is -1.58. The molecule has 1 fully saturated rings.